The Hall–Kier alpha value is -1.88. The fourth-order valence-electron chi connectivity index (χ4n) is 1.95. The summed E-state index contributed by atoms with van der Waals surface area (Å²) in [5.41, 5.74) is 3.29. The summed E-state index contributed by atoms with van der Waals surface area (Å²) in [5, 5.41) is 16.4. The van der Waals surface area contributed by atoms with E-state index >= 15 is 0 Å². The van der Waals surface area contributed by atoms with Crippen molar-refractivity contribution in [2.24, 2.45) is 11.0 Å². The minimum atomic E-state index is -0.0343. The van der Waals surface area contributed by atoms with E-state index in [0.717, 1.165) is 31.5 Å². The highest BCUT2D eigenvalue weighted by Crippen LogP contribution is 2.11. The van der Waals surface area contributed by atoms with Crippen LogP contribution in [0.25, 0.3) is 0 Å². The predicted octanol–water partition coefficient (Wildman–Crippen LogP) is 0.842. The lowest BCUT2D eigenvalue weighted by atomic mass is 9.98. The third kappa shape index (κ3) is 3.56. The quantitative estimate of drug-likeness (QED) is 0.547. The predicted molar refractivity (Wildman–Crippen MR) is 69.4 cm³/mol. The maximum Gasteiger partial charge on any atom is 0.243 e. The zero-order valence-corrected chi connectivity index (χ0v) is 10.1. The van der Waals surface area contributed by atoms with Crippen molar-refractivity contribution in [3.63, 3.8) is 0 Å². The number of hydrogen-bond donors (Lipinski definition) is 3. The number of phenols is 1. The van der Waals surface area contributed by atoms with Crippen LogP contribution in [0.3, 0.4) is 0 Å². The van der Waals surface area contributed by atoms with Gasteiger partial charge in [-0.1, -0.05) is 12.1 Å². The maximum atomic E-state index is 11.8. The minimum absolute atomic E-state index is 0.0343. The van der Waals surface area contributed by atoms with Crippen LogP contribution in [0.4, 0.5) is 0 Å². The molecule has 0 spiro atoms. The molecule has 1 aliphatic rings. The average molecular weight is 247 g/mol. The summed E-state index contributed by atoms with van der Waals surface area (Å²) in [6, 6.07) is 6.70. The number of amides is 1. The van der Waals surface area contributed by atoms with Gasteiger partial charge in [0, 0.05) is 5.92 Å². The van der Waals surface area contributed by atoms with Crippen LogP contribution >= 0.6 is 0 Å². The summed E-state index contributed by atoms with van der Waals surface area (Å²) >= 11 is 0. The van der Waals surface area contributed by atoms with Crippen molar-refractivity contribution in [3.8, 4) is 5.75 Å². The summed E-state index contributed by atoms with van der Waals surface area (Å²) in [7, 11) is 0. The van der Waals surface area contributed by atoms with Crippen molar-refractivity contribution in [2.45, 2.75) is 12.8 Å². The molecule has 1 saturated heterocycles. The number of carbonyl (C=O) groups is 1. The highest BCUT2D eigenvalue weighted by molar-refractivity contribution is 5.83. The molecular weight excluding hydrogens is 230 g/mol. The third-order valence-electron chi connectivity index (χ3n) is 2.97. The number of nitrogens with one attached hydrogen (secondary N) is 2. The van der Waals surface area contributed by atoms with Crippen LogP contribution in [0.1, 0.15) is 18.4 Å². The van der Waals surface area contributed by atoms with Crippen LogP contribution in [0.2, 0.25) is 0 Å². The Labute approximate surface area is 106 Å². The number of aromatic hydroxyl groups is 1. The van der Waals surface area contributed by atoms with Crippen molar-refractivity contribution < 1.29 is 9.90 Å². The minimum Gasteiger partial charge on any atom is -0.508 e. The van der Waals surface area contributed by atoms with Crippen molar-refractivity contribution in [1.29, 1.82) is 0 Å². The molecular formula is C13H17N3O2. The molecule has 0 bridgehead atoms. The van der Waals surface area contributed by atoms with E-state index in [-0.39, 0.29) is 17.6 Å². The molecule has 3 N–H and O–H groups in total. The van der Waals surface area contributed by atoms with Crippen molar-refractivity contribution in [1.82, 2.24) is 10.7 Å². The Morgan fingerprint density at radius 2 is 2.22 bits per heavy atom. The second kappa shape index (κ2) is 6.16. The van der Waals surface area contributed by atoms with Gasteiger partial charge in [-0.3, -0.25) is 4.79 Å². The van der Waals surface area contributed by atoms with Gasteiger partial charge in [-0.25, -0.2) is 5.43 Å². The van der Waals surface area contributed by atoms with Crippen LogP contribution in [-0.4, -0.2) is 30.3 Å². The first-order valence-electron chi connectivity index (χ1n) is 6.08. The van der Waals surface area contributed by atoms with Gasteiger partial charge in [-0.15, -0.1) is 0 Å². The first-order valence-corrected chi connectivity index (χ1v) is 6.08. The molecule has 1 fully saturated rings. The molecule has 1 aromatic rings. The van der Waals surface area contributed by atoms with Gasteiger partial charge in [0.15, 0.2) is 0 Å². The van der Waals surface area contributed by atoms with E-state index in [2.05, 4.69) is 15.8 Å². The summed E-state index contributed by atoms with van der Waals surface area (Å²) in [5.74, 6) is 0.198. The molecule has 1 heterocycles. The van der Waals surface area contributed by atoms with E-state index in [1.807, 2.05) is 0 Å². The molecule has 0 aromatic heterocycles. The number of carbonyl (C=O) groups excluding carboxylic acids is 1. The van der Waals surface area contributed by atoms with Gasteiger partial charge in [-0.2, -0.15) is 5.10 Å². The van der Waals surface area contributed by atoms with E-state index in [1.54, 1.807) is 24.3 Å². The van der Waals surface area contributed by atoms with Gasteiger partial charge in [0.25, 0.3) is 0 Å². The Bertz CT molecular complexity index is 440. The van der Waals surface area contributed by atoms with Gasteiger partial charge in [0.05, 0.1) is 6.21 Å². The third-order valence-corrected chi connectivity index (χ3v) is 2.97. The Kier molecular flexibility index (Phi) is 4.30. The lowest BCUT2D eigenvalue weighted by Crippen LogP contribution is -2.36. The lowest BCUT2D eigenvalue weighted by Gasteiger charge is -2.20. The molecule has 18 heavy (non-hydrogen) atoms. The molecule has 5 nitrogen and oxygen atoms in total. The van der Waals surface area contributed by atoms with E-state index in [4.69, 9.17) is 0 Å². The lowest BCUT2D eigenvalue weighted by molar-refractivity contribution is -0.125. The van der Waals surface area contributed by atoms with E-state index in [1.165, 1.54) is 6.21 Å². The van der Waals surface area contributed by atoms with Crippen molar-refractivity contribution >= 4 is 12.1 Å². The first kappa shape index (κ1) is 12.6. The molecule has 5 heteroatoms. The molecule has 1 amide bonds. The van der Waals surface area contributed by atoms with Gasteiger partial charge in [0.1, 0.15) is 5.75 Å². The topological polar surface area (TPSA) is 73.7 Å². The van der Waals surface area contributed by atoms with Gasteiger partial charge < -0.3 is 10.4 Å². The van der Waals surface area contributed by atoms with Crippen molar-refractivity contribution in [3.05, 3.63) is 29.8 Å². The van der Waals surface area contributed by atoms with E-state index in [9.17, 15) is 9.90 Å². The molecule has 0 unspecified atom stereocenters. The van der Waals surface area contributed by atoms with E-state index in [0.29, 0.717) is 0 Å². The largest absolute Gasteiger partial charge is 0.508 e. The summed E-state index contributed by atoms with van der Waals surface area (Å²) < 4.78 is 0. The molecule has 1 aromatic carbocycles. The second-order valence-corrected chi connectivity index (χ2v) is 4.35. The van der Waals surface area contributed by atoms with Crippen LogP contribution in [0.15, 0.2) is 29.4 Å². The molecule has 0 saturated carbocycles. The zero-order chi connectivity index (χ0) is 12.8. The van der Waals surface area contributed by atoms with Crippen LogP contribution in [0, 0.1) is 5.92 Å². The standard InChI is InChI=1S/C13H17N3O2/c17-12-3-1-2-10(8-12)9-15-16-13(18)11-4-6-14-7-5-11/h1-3,8-9,11,14,17H,4-7H2,(H,16,18)/b15-9-. The Morgan fingerprint density at radius 1 is 1.44 bits per heavy atom. The second-order valence-electron chi connectivity index (χ2n) is 4.35. The number of phenolic OH excluding ortho intramolecular Hbond substituents is 1. The summed E-state index contributed by atoms with van der Waals surface area (Å²) in [4.78, 5) is 11.8. The number of rotatable bonds is 3. The highest BCUT2D eigenvalue weighted by atomic mass is 16.3. The molecule has 2 rings (SSSR count). The molecule has 0 radical (unpaired) electrons. The fourth-order valence-corrected chi connectivity index (χ4v) is 1.95. The van der Waals surface area contributed by atoms with Crippen LogP contribution in [-0.2, 0) is 4.79 Å². The van der Waals surface area contributed by atoms with Crippen LogP contribution < -0.4 is 10.7 Å². The molecule has 1 aliphatic heterocycles. The zero-order valence-electron chi connectivity index (χ0n) is 10.1. The Morgan fingerprint density at radius 3 is 2.94 bits per heavy atom. The van der Waals surface area contributed by atoms with Crippen LogP contribution in [0.5, 0.6) is 5.75 Å². The van der Waals surface area contributed by atoms with Gasteiger partial charge >= 0.3 is 0 Å². The smallest absolute Gasteiger partial charge is 0.243 e. The van der Waals surface area contributed by atoms with E-state index < -0.39 is 0 Å². The monoisotopic (exact) mass is 247 g/mol. The Balaban J connectivity index is 1.85. The summed E-state index contributed by atoms with van der Waals surface area (Å²) in [6.07, 6.45) is 3.24. The number of hydrogen-bond acceptors (Lipinski definition) is 4. The normalized spacial score (nSPS) is 16.9. The van der Waals surface area contributed by atoms with Gasteiger partial charge in [-0.05, 0) is 43.6 Å². The van der Waals surface area contributed by atoms with Gasteiger partial charge in [0.2, 0.25) is 5.91 Å². The number of piperidine rings is 1. The molecule has 96 valence electrons. The summed E-state index contributed by atoms with van der Waals surface area (Å²) in [6.45, 7) is 1.77. The SMILES string of the molecule is O=C(N/N=C\c1cccc(O)c1)C1CCNCC1. The average Bonchev–Trinajstić information content (AvgIpc) is 2.40. The fraction of sp³-hybridized carbons (Fsp3) is 0.385. The molecule has 0 aliphatic carbocycles. The first-order chi connectivity index (χ1) is 8.75. The highest BCUT2D eigenvalue weighted by Gasteiger charge is 2.20. The number of nitrogens with zero attached hydrogens (tertiary/aromatic N) is 1. The van der Waals surface area contributed by atoms with Crippen molar-refractivity contribution in [2.75, 3.05) is 13.1 Å². The number of benzene rings is 1. The molecule has 0 atom stereocenters. The maximum absolute atomic E-state index is 11.8. The number of hydrazone groups is 1.